The van der Waals surface area contributed by atoms with E-state index < -0.39 is 16.1 Å². The van der Waals surface area contributed by atoms with Crippen molar-refractivity contribution in [2.75, 3.05) is 17.1 Å². The Morgan fingerprint density at radius 1 is 0.969 bits per heavy atom. The Labute approximate surface area is 192 Å². The van der Waals surface area contributed by atoms with Crippen LogP contribution in [0.3, 0.4) is 0 Å². The summed E-state index contributed by atoms with van der Waals surface area (Å²) in [6, 6.07) is 19.3. The maximum atomic E-state index is 12.6. The van der Waals surface area contributed by atoms with Crippen LogP contribution in [0.1, 0.15) is 13.3 Å². The average molecular weight is 475 g/mol. The van der Waals surface area contributed by atoms with Gasteiger partial charge in [-0.2, -0.15) is 0 Å². The first-order chi connectivity index (χ1) is 15.3. The molecule has 0 saturated carbocycles. The quantitative estimate of drug-likeness (QED) is 0.458. The maximum absolute atomic E-state index is 12.6. The van der Waals surface area contributed by atoms with Gasteiger partial charge in [-0.3, -0.25) is 9.52 Å². The summed E-state index contributed by atoms with van der Waals surface area (Å²) in [7, 11) is -2.25. The molecule has 0 bridgehead atoms. The second-order valence-corrected chi connectivity index (χ2v) is 8.88. The van der Waals surface area contributed by atoms with Crippen molar-refractivity contribution in [3.8, 4) is 11.5 Å². The van der Waals surface area contributed by atoms with E-state index >= 15 is 0 Å². The third-order valence-corrected chi connectivity index (χ3v) is 6.25. The van der Waals surface area contributed by atoms with Crippen LogP contribution in [-0.2, 0) is 14.8 Å². The summed E-state index contributed by atoms with van der Waals surface area (Å²) >= 11 is 6.10. The SMILES string of the molecule is CC[C@H](Oc1ccccc1Cl)C(=O)Nc1ccc(S(=O)(=O)Nc2ccc(OC)cc2)cc1. The summed E-state index contributed by atoms with van der Waals surface area (Å²) in [5, 5.41) is 3.15. The van der Waals surface area contributed by atoms with Crippen molar-refractivity contribution < 1.29 is 22.7 Å². The van der Waals surface area contributed by atoms with E-state index in [1.807, 2.05) is 6.92 Å². The average Bonchev–Trinajstić information content (AvgIpc) is 2.79. The summed E-state index contributed by atoms with van der Waals surface area (Å²) in [5.41, 5.74) is 0.852. The van der Waals surface area contributed by atoms with E-state index in [1.54, 1.807) is 48.5 Å². The van der Waals surface area contributed by atoms with Crippen molar-refractivity contribution in [2.45, 2.75) is 24.3 Å². The zero-order chi connectivity index (χ0) is 23.1. The van der Waals surface area contributed by atoms with E-state index in [0.29, 0.717) is 34.3 Å². The number of nitrogens with one attached hydrogen (secondary N) is 2. The highest BCUT2D eigenvalue weighted by Crippen LogP contribution is 2.25. The van der Waals surface area contributed by atoms with E-state index in [1.165, 1.54) is 31.4 Å². The number of para-hydroxylation sites is 1. The first-order valence-corrected chi connectivity index (χ1v) is 11.7. The molecule has 0 aromatic heterocycles. The van der Waals surface area contributed by atoms with Crippen LogP contribution >= 0.6 is 11.6 Å². The third-order valence-electron chi connectivity index (χ3n) is 4.54. The van der Waals surface area contributed by atoms with E-state index in [2.05, 4.69) is 10.0 Å². The van der Waals surface area contributed by atoms with Gasteiger partial charge in [-0.25, -0.2) is 8.42 Å². The lowest BCUT2D eigenvalue weighted by molar-refractivity contribution is -0.122. The Hall–Kier alpha value is -3.23. The van der Waals surface area contributed by atoms with E-state index in [4.69, 9.17) is 21.1 Å². The van der Waals surface area contributed by atoms with Gasteiger partial charge in [-0.05, 0) is 67.1 Å². The molecule has 0 saturated heterocycles. The molecule has 0 aliphatic heterocycles. The lowest BCUT2D eigenvalue weighted by atomic mass is 10.2. The number of benzene rings is 3. The number of carbonyl (C=O) groups excluding carboxylic acids is 1. The van der Waals surface area contributed by atoms with Gasteiger partial charge in [-0.15, -0.1) is 0 Å². The van der Waals surface area contributed by atoms with Gasteiger partial charge < -0.3 is 14.8 Å². The van der Waals surface area contributed by atoms with Crippen LogP contribution in [0.25, 0.3) is 0 Å². The number of sulfonamides is 1. The maximum Gasteiger partial charge on any atom is 0.265 e. The fraction of sp³-hybridized carbons (Fsp3) is 0.174. The summed E-state index contributed by atoms with van der Waals surface area (Å²) in [4.78, 5) is 12.7. The highest BCUT2D eigenvalue weighted by atomic mass is 35.5. The predicted octanol–water partition coefficient (Wildman–Crippen LogP) is 4.95. The number of hydrogen-bond donors (Lipinski definition) is 2. The molecule has 0 radical (unpaired) electrons. The predicted molar refractivity (Wildman–Crippen MR) is 125 cm³/mol. The highest BCUT2D eigenvalue weighted by molar-refractivity contribution is 7.92. The minimum Gasteiger partial charge on any atom is -0.497 e. The summed E-state index contributed by atoms with van der Waals surface area (Å²) in [6.45, 7) is 1.82. The van der Waals surface area contributed by atoms with Crippen LogP contribution in [0, 0.1) is 0 Å². The van der Waals surface area contributed by atoms with Crippen LogP contribution in [0.2, 0.25) is 5.02 Å². The minimum atomic E-state index is -3.79. The number of hydrogen-bond acceptors (Lipinski definition) is 5. The van der Waals surface area contributed by atoms with Crippen LogP contribution in [0.15, 0.2) is 77.7 Å². The molecule has 7 nitrogen and oxygen atoms in total. The topological polar surface area (TPSA) is 93.7 Å². The molecular formula is C23H23ClN2O5S. The third kappa shape index (κ3) is 5.93. The number of ether oxygens (including phenoxy) is 2. The molecule has 0 aliphatic carbocycles. The standard InChI is InChI=1S/C23H23ClN2O5S/c1-3-21(31-22-7-5-4-6-20(22)24)23(27)25-16-10-14-19(15-11-16)32(28,29)26-17-8-12-18(30-2)13-9-17/h4-15,21,26H,3H2,1-2H3,(H,25,27)/t21-/m0/s1. The molecule has 3 rings (SSSR count). The fourth-order valence-corrected chi connectivity index (χ4v) is 4.07. The monoisotopic (exact) mass is 474 g/mol. The lowest BCUT2D eigenvalue weighted by Crippen LogP contribution is -2.32. The largest absolute Gasteiger partial charge is 0.497 e. The molecule has 32 heavy (non-hydrogen) atoms. The van der Waals surface area contributed by atoms with Gasteiger partial charge in [0.25, 0.3) is 15.9 Å². The van der Waals surface area contributed by atoms with Gasteiger partial charge in [0.15, 0.2) is 6.10 Å². The first-order valence-electron chi connectivity index (χ1n) is 9.81. The summed E-state index contributed by atoms with van der Waals surface area (Å²) in [5.74, 6) is 0.679. The zero-order valence-electron chi connectivity index (χ0n) is 17.5. The second-order valence-electron chi connectivity index (χ2n) is 6.79. The minimum absolute atomic E-state index is 0.0608. The Balaban J connectivity index is 1.66. The molecule has 1 atom stereocenters. The van der Waals surface area contributed by atoms with Gasteiger partial charge in [0.1, 0.15) is 11.5 Å². The Morgan fingerprint density at radius 3 is 2.19 bits per heavy atom. The summed E-state index contributed by atoms with van der Waals surface area (Å²) in [6.07, 6.45) is -0.329. The van der Waals surface area contributed by atoms with E-state index in [9.17, 15) is 13.2 Å². The lowest BCUT2D eigenvalue weighted by Gasteiger charge is -2.18. The normalized spacial score (nSPS) is 12.0. The Bertz CT molecular complexity index is 1170. The second kappa shape index (κ2) is 10.4. The van der Waals surface area contributed by atoms with Crippen molar-refractivity contribution in [1.82, 2.24) is 0 Å². The number of methoxy groups -OCH3 is 1. The van der Waals surface area contributed by atoms with Crippen LogP contribution in [-0.4, -0.2) is 27.5 Å². The molecule has 0 unspecified atom stereocenters. The summed E-state index contributed by atoms with van der Waals surface area (Å²) < 4.78 is 38.5. The van der Waals surface area contributed by atoms with Crippen molar-refractivity contribution in [1.29, 1.82) is 0 Å². The number of amides is 1. The molecular weight excluding hydrogens is 452 g/mol. The molecule has 168 valence electrons. The molecule has 9 heteroatoms. The number of halogens is 1. The molecule has 3 aromatic carbocycles. The van der Waals surface area contributed by atoms with Crippen molar-refractivity contribution in [3.05, 3.63) is 77.8 Å². The molecule has 0 spiro atoms. The van der Waals surface area contributed by atoms with Crippen LogP contribution < -0.4 is 19.5 Å². The van der Waals surface area contributed by atoms with Crippen molar-refractivity contribution in [3.63, 3.8) is 0 Å². The number of rotatable bonds is 9. The van der Waals surface area contributed by atoms with E-state index in [-0.39, 0.29) is 10.8 Å². The van der Waals surface area contributed by atoms with Gasteiger partial charge in [0.2, 0.25) is 0 Å². The van der Waals surface area contributed by atoms with E-state index in [0.717, 1.165) is 0 Å². The van der Waals surface area contributed by atoms with Crippen molar-refractivity contribution >= 4 is 38.9 Å². The molecule has 3 aromatic rings. The molecule has 1 amide bonds. The Morgan fingerprint density at radius 2 is 1.59 bits per heavy atom. The van der Waals surface area contributed by atoms with Gasteiger partial charge >= 0.3 is 0 Å². The molecule has 0 aliphatic rings. The van der Waals surface area contributed by atoms with Crippen LogP contribution in [0.4, 0.5) is 11.4 Å². The smallest absolute Gasteiger partial charge is 0.265 e. The molecule has 0 heterocycles. The van der Waals surface area contributed by atoms with Crippen LogP contribution in [0.5, 0.6) is 11.5 Å². The Kier molecular flexibility index (Phi) is 7.61. The number of carbonyl (C=O) groups is 1. The van der Waals surface area contributed by atoms with Gasteiger partial charge in [-0.1, -0.05) is 30.7 Å². The highest BCUT2D eigenvalue weighted by Gasteiger charge is 2.20. The van der Waals surface area contributed by atoms with Crippen molar-refractivity contribution in [2.24, 2.45) is 0 Å². The number of anilines is 2. The first kappa shape index (κ1) is 23.4. The fourth-order valence-electron chi connectivity index (χ4n) is 2.83. The van der Waals surface area contributed by atoms with Gasteiger partial charge in [0, 0.05) is 11.4 Å². The zero-order valence-corrected chi connectivity index (χ0v) is 19.1. The molecule has 2 N–H and O–H groups in total. The van der Waals surface area contributed by atoms with Gasteiger partial charge in [0.05, 0.1) is 17.0 Å². The molecule has 0 fully saturated rings.